The minimum Gasteiger partial charge on any atom is -0.384 e. The van der Waals surface area contributed by atoms with Crippen LogP contribution in [0.3, 0.4) is 0 Å². The van der Waals surface area contributed by atoms with E-state index in [1.54, 1.807) is 0 Å². The number of nitrogen functional groups attached to an aromatic ring is 1. The smallest absolute Gasteiger partial charge is 0.265 e. The van der Waals surface area contributed by atoms with Crippen LogP contribution < -0.4 is 11.1 Å². The third-order valence-electron chi connectivity index (χ3n) is 3.42. The van der Waals surface area contributed by atoms with Crippen molar-refractivity contribution < 1.29 is 4.79 Å². The van der Waals surface area contributed by atoms with E-state index in [-0.39, 0.29) is 5.91 Å². The van der Waals surface area contributed by atoms with Gasteiger partial charge in [0.25, 0.3) is 5.91 Å². The summed E-state index contributed by atoms with van der Waals surface area (Å²) in [5.41, 5.74) is 7.35. The normalized spacial score (nSPS) is 10.6. The Bertz CT molecular complexity index is 676. The topological polar surface area (TPSA) is 60.0 Å². The summed E-state index contributed by atoms with van der Waals surface area (Å²) in [5, 5.41) is 2.89. The van der Waals surface area contributed by atoms with Crippen molar-refractivity contribution >= 4 is 35.3 Å². The summed E-state index contributed by atoms with van der Waals surface area (Å²) in [5.74, 6) is 0.348. The van der Waals surface area contributed by atoms with Crippen LogP contribution in [0.5, 0.6) is 0 Å². The van der Waals surface area contributed by atoms with E-state index in [2.05, 4.69) is 24.4 Å². The Hall–Kier alpha value is -1.66. The summed E-state index contributed by atoms with van der Waals surface area (Å²) < 4.78 is 2.50. The third-order valence-corrected chi connectivity index (χ3v) is 4.89. The first-order chi connectivity index (χ1) is 10.6. The summed E-state index contributed by atoms with van der Waals surface area (Å²) in [4.78, 5) is 12.7. The second kappa shape index (κ2) is 8.10. The van der Waals surface area contributed by atoms with E-state index in [1.807, 2.05) is 22.8 Å². The molecule has 4 nitrogen and oxygen atoms in total. The van der Waals surface area contributed by atoms with Crippen LogP contribution in [0.15, 0.2) is 30.3 Å². The van der Waals surface area contributed by atoms with Gasteiger partial charge in [0.05, 0.1) is 0 Å². The fourth-order valence-electron chi connectivity index (χ4n) is 2.13. The Morgan fingerprint density at radius 3 is 2.77 bits per heavy atom. The molecular weight excluding hydrogens is 314 g/mol. The van der Waals surface area contributed by atoms with Crippen LogP contribution in [0, 0.1) is 3.95 Å². The number of thiazole rings is 1. The van der Waals surface area contributed by atoms with Crippen molar-refractivity contribution in [2.75, 3.05) is 12.3 Å². The van der Waals surface area contributed by atoms with Crippen molar-refractivity contribution in [2.45, 2.75) is 32.7 Å². The summed E-state index contributed by atoms with van der Waals surface area (Å²) in [6, 6.07) is 10.2. The average Bonchev–Trinajstić information content (AvgIpc) is 2.81. The van der Waals surface area contributed by atoms with E-state index in [0.717, 1.165) is 19.3 Å². The number of rotatable bonds is 7. The van der Waals surface area contributed by atoms with E-state index >= 15 is 0 Å². The van der Waals surface area contributed by atoms with Gasteiger partial charge >= 0.3 is 0 Å². The van der Waals surface area contributed by atoms with E-state index in [0.29, 0.717) is 27.7 Å². The number of nitrogens with one attached hydrogen (secondary N) is 1. The fraction of sp³-hybridized carbons (Fsp3) is 0.375. The Labute approximate surface area is 140 Å². The maximum atomic E-state index is 12.1. The molecule has 0 saturated carbocycles. The number of unbranched alkanes of at least 4 members (excludes halogenated alkanes) is 1. The van der Waals surface area contributed by atoms with Crippen LogP contribution in [0.25, 0.3) is 0 Å². The molecule has 22 heavy (non-hydrogen) atoms. The van der Waals surface area contributed by atoms with Gasteiger partial charge in [0, 0.05) is 13.1 Å². The number of carbonyl (C=O) groups is 1. The van der Waals surface area contributed by atoms with Crippen molar-refractivity contribution in [2.24, 2.45) is 0 Å². The Balaban J connectivity index is 2.07. The molecule has 6 heteroatoms. The number of nitrogens with zero attached hydrogens (tertiary/aromatic N) is 1. The van der Waals surface area contributed by atoms with Crippen LogP contribution in [-0.4, -0.2) is 17.0 Å². The van der Waals surface area contributed by atoms with E-state index in [4.69, 9.17) is 18.0 Å². The molecule has 0 aliphatic rings. The average molecular weight is 335 g/mol. The molecule has 0 bridgehead atoms. The lowest BCUT2D eigenvalue weighted by molar-refractivity contribution is 0.0957. The van der Waals surface area contributed by atoms with Gasteiger partial charge in [-0.05, 0) is 30.6 Å². The van der Waals surface area contributed by atoms with Crippen molar-refractivity contribution in [1.29, 1.82) is 0 Å². The third kappa shape index (κ3) is 4.18. The van der Waals surface area contributed by atoms with Crippen LogP contribution in [0.4, 0.5) is 5.82 Å². The first kappa shape index (κ1) is 16.7. The predicted molar refractivity (Wildman–Crippen MR) is 94.9 cm³/mol. The zero-order valence-electron chi connectivity index (χ0n) is 12.7. The van der Waals surface area contributed by atoms with Gasteiger partial charge in [-0.15, -0.1) is 0 Å². The van der Waals surface area contributed by atoms with Gasteiger partial charge in [-0.2, -0.15) is 0 Å². The number of hydrogen-bond acceptors (Lipinski definition) is 4. The molecule has 2 rings (SSSR count). The molecule has 0 radical (unpaired) electrons. The largest absolute Gasteiger partial charge is 0.384 e. The molecule has 1 heterocycles. The molecule has 0 fully saturated rings. The Morgan fingerprint density at radius 1 is 1.36 bits per heavy atom. The Morgan fingerprint density at radius 2 is 2.09 bits per heavy atom. The van der Waals surface area contributed by atoms with Gasteiger partial charge in [0.2, 0.25) is 0 Å². The van der Waals surface area contributed by atoms with Crippen molar-refractivity contribution in [3.05, 3.63) is 44.7 Å². The Kier molecular flexibility index (Phi) is 6.15. The zero-order chi connectivity index (χ0) is 15.9. The van der Waals surface area contributed by atoms with Gasteiger partial charge in [-0.25, -0.2) is 0 Å². The standard InChI is InChI=1S/C16H21N3OS2/c1-2-3-10-18-15(20)13-14(17)19(16(21)22-13)11-9-12-7-5-4-6-8-12/h4-8H,2-3,9-11,17H2,1H3,(H,18,20). The SMILES string of the molecule is CCCCNC(=O)c1sc(=S)n(CCc2ccccc2)c1N. The summed E-state index contributed by atoms with van der Waals surface area (Å²) in [6.45, 7) is 3.45. The van der Waals surface area contributed by atoms with Crippen LogP contribution in [-0.2, 0) is 13.0 Å². The van der Waals surface area contributed by atoms with Crippen LogP contribution in [0.2, 0.25) is 0 Å². The van der Waals surface area contributed by atoms with Crippen molar-refractivity contribution in [3.63, 3.8) is 0 Å². The van der Waals surface area contributed by atoms with E-state index < -0.39 is 0 Å². The first-order valence-electron chi connectivity index (χ1n) is 7.44. The highest BCUT2D eigenvalue weighted by molar-refractivity contribution is 7.73. The molecule has 1 aromatic carbocycles. The highest BCUT2D eigenvalue weighted by Gasteiger charge is 2.16. The molecule has 0 unspecified atom stereocenters. The molecule has 0 aliphatic carbocycles. The molecule has 0 atom stereocenters. The number of aryl methyl sites for hydroxylation is 1. The monoisotopic (exact) mass is 335 g/mol. The lowest BCUT2D eigenvalue weighted by Gasteiger charge is -2.07. The summed E-state index contributed by atoms with van der Waals surface area (Å²) >= 11 is 6.63. The molecular formula is C16H21N3OS2. The second-order valence-corrected chi connectivity index (χ2v) is 6.72. The maximum Gasteiger partial charge on any atom is 0.265 e. The number of anilines is 1. The highest BCUT2D eigenvalue weighted by atomic mass is 32.1. The predicted octanol–water partition coefficient (Wildman–Crippen LogP) is 3.63. The molecule has 0 spiro atoms. The first-order valence-corrected chi connectivity index (χ1v) is 8.67. The number of amides is 1. The number of hydrogen-bond donors (Lipinski definition) is 2. The van der Waals surface area contributed by atoms with E-state index in [1.165, 1.54) is 16.9 Å². The lowest BCUT2D eigenvalue weighted by Crippen LogP contribution is -2.24. The highest BCUT2D eigenvalue weighted by Crippen LogP contribution is 2.22. The molecule has 1 amide bonds. The molecule has 0 aliphatic heterocycles. The molecule has 0 saturated heterocycles. The van der Waals surface area contributed by atoms with Crippen molar-refractivity contribution in [1.82, 2.24) is 9.88 Å². The van der Waals surface area contributed by atoms with Crippen molar-refractivity contribution in [3.8, 4) is 0 Å². The number of benzene rings is 1. The van der Waals surface area contributed by atoms with Gasteiger partial charge < -0.3 is 15.6 Å². The minimum absolute atomic E-state index is 0.125. The fourth-order valence-corrected chi connectivity index (χ4v) is 3.43. The molecule has 3 N–H and O–H groups in total. The number of nitrogens with two attached hydrogens (primary N) is 1. The number of aromatic nitrogens is 1. The quantitative estimate of drug-likeness (QED) is 0.600. The van der Waals surface area contributed by atoms with Gasteiger partial charge in [-0.1, -0.05) is 55.0 Å². The zero-order valence-corrected chi connectivity index (χ0v) is 14.3. The van der Waals surface area contributed by atoms with Gasteiger partial charge in [-0.3, -0.25) is 4.79 Å². The summed E-state index contributed by atoms with van der Waals surface area (Å²) in [6.07, 6.45) is 2.85. The van der Waals surface area contributed by atoms with Gasteiger partial charge in [0.15, 0.2) is 3.95 Å². The molecule has 1 aromatic heterocycles. The number of carbonyl (C=O) groups excluding carboxylic acids is 1. The van der Waals surface area contributed by atoms with Crippen LogP contribution >= 0.6 is 23.6 Å². The maximum absolute atomic E-state index is 12.1. The molecule has 118 valence electrons. The van der Waals surface area contributed by atoms with Crippen LogP contribution in [0.1, 0.15) is 35.0 Å². The lowest BCUT2D eigenvalue weighted by atomic mass is 10.1. The van der Waals surface area contributed by atoms with Gasteiger partial charge in [0.1, 0.15) is 10.7 Å². The van der Waals surface area contributed by atoms with E-state index in [9.17, 15) is 4.79 Å². The summed E-state index contributed by atoms with van der Waals surface area (Å²) in [7, 11) is 0. The molecule has 2 aromatic rings. The minimum atomic E-state index is -0.125. The second-order valence-electron chi connectivity index (χ2n) is 5.08.